The molecule has 2 aliphatic heterocycles. The maximum atomic E-state index is 13.2. The van der Waals surface area contributed by atoms with Gasteiger partial charge in [0, 0.05) is 49.7 Å². The highest BCUT2D eigenvalue weighted by Crippen LogP contribution is 2.52. The Labute approximate surface area is 219 Å². The first-order valence-electron chi connectivity index (χ1n) is 12.7. The van der Waals surface area contributed by atoms with Gasteiger partial charge in [-0.15, -0.1) is 0 Å². The van der Waals surface area contributed by atoms with Crippen LogP contribution in [0.5, 0.6) is 0 Å². The molecule has 3 fully saturated rings. The molecule has 4 rings (SSSR count). The van der Waals surface area contributed by atoms with Crippen LogP contribution in [0.3, 0.4) is 0 Å². The molecule has 194 valence electrons. The second-order valence-electron chi connectivity index (χ2n) is 12.9. The van der Waals surface area contributed by atoms with E-state index in [1.165, 1.54) is 18.2 Å². The van der Waals surface area contributed by atoms with Gasteiger partial charge in [-0.2, -0.15) is 0 Å². The lowest BCUT2D eigenvalue weighted by Gasteiger charge is -2.42. The van der Waals surface area contributed by atoms with Crippen LogP contribution in [0.1, 0.15) is 67.7 Å². The molecule has 9 heteroatoms. The summed E-state index contributed by atoms with van der Waals surface area (Å²) in [7, 11) is 0. The molecule has 0 aromatic carbocycles. The first-order chi connectivity index (χ1) is 16.2. The van der Waals surface area contributed by atoms with E-state index in [9.17, 15) is 9.59 Å². The summed E-state index contributed by atoms with van der Waals surface area (Å²) >= 11 is 7.72. The summed E-state index contributed by atoms with van der Waals surface area (Å²) in [5, 5.41) is 0.896. The fraction of sp³-hybridized carbons (Fsp3) is 0.769. The average Bonchev–Trinajstić information content (AvgIpc) is 2.99. The number of piperazine rings is 1. The van der Waals surface area contributed by atoms with E-state index in [0.29, 0.717) is 41.7 Å². The summed E-state index contributed by atoms with van der Waals surface area (Å²) in [5.74, 6) is 1.40. The average molecular weight is 522 g/mol. The summed E-state index contributed by atoms with van der Waals surface area (Å²) in [6.45, 7) is 17.8. The zero-order chi connectivity index (χ0) is 25.8. The van der Waals surface area contributed by atoms with Crippen molar-refractivity contribution in [1.29, 1.82) is 0 Å². The van der Waals surface area contributed by atoms with E-state index in [1.807, 2.05) is 25.7 Å². The number of fused-ring (bicyclic) bond motifs is 2. The van der Waals surface area contributed by atoms with Crippen molar-refractivity contribution in [3.63, 3.8) is 0 Å². The van der Waals surface area contributed by atoms with E-state index < -0.39 is 5.41 Å². The minimum Gasteiger partial charge on any atom is -0.353 e. The molecular weight excluding hydrogens is 482 g/mol. The molecule has 1 aromatic rings. The van der Waals surface area contributed by atoms with E-state index in [0.717, 1.165) is 25.2 Å². The van der Waals surface area contributed by atoms with Crippen LogP contribution in [0.25, 0.3) is 0 Å². The Morgan fingerprint density at radius 2 is 1.86 bits per heavy atom. The van der Waals surface area contributed by atoms with E-state index in [2.05, 4.69) is 42.5 Å². The maximum absolute atomic E-state index is 13.2. The van der Waals surface area contributed by atoms with Gasteiger partial charge in [0.2, 0.25) is 11.8 Å². The molecule has 2 bridgehead atoms. The summed E-state index contributed by atoms with van der Waals surface area (Å²) in [5.41, 5.74) is 0.106. The molecule has 7 nitrogen and oxygen atoms in total. The molecule has 2 amide bonds. The number of nitrogens with zero attached hydrogens (tertiary/aromatic N) is 5. The topological polar surface area (TPSA) is 69.6 Å². The largest absolute Gasteiger partial charge is 0.353 e. The molecule has 35 heavy (non-hydrogen) atoms. The number of carbonyl (C=O) groups is 2. The lowest BCUT2D eigenvalue weighted by Crippen LogP contribution is -2.56. The molecule has 0 N–H and O–H groups in total. The van der Waals surface area contributed by atoms with Crippen molar-refractivity contribution in [2.24, 2.45) is 16.2 Å². The lowest BCUT2D eigenvalue weighted by molar-refractivity contribution is -0.142. The molecule has 3 unspecified atom stereocenters. The van der Waals surface area contributed by atoms with Gasteiger partial charge in [0.1, 0.15) is 11.0 Å². The minimum absolute atomic E-state index is 0.0713. The number of aromatic nitrogens is 2. The van der Waals surface area contributed by atoms with Gasteiger partial charge in [-0.05, 0) is 37.0 Å². The number of hydrogen-bond acceptors (Lipinski definition) is 6. The number of rotatable bonds is 4. The second-order valence-corrected chi connectivity index (χ2v) is 14.2. The Morgan fingerprint density at radius 1 is 1.14 bits per heavy atom. The number of thioether (sulfide) groups is 1. The normalized spacial score (nSPS) is 28.4. The van der Waals surface area contributed by atoms with Crippen molar-refractivity contribution in [2.45, 2.75) is 85.0 Å². The van der Waals surface area contributed by atoms with Crippen molar-refractivity contribution in [1.82, 2.24) is 19.8 Å². The third-order valence-corrected chi connectivity index (χ3v) is 8.60. The SMILES string of the molecule is CC1CN(c2cc(Cl)nc(SCC(=O)N3CC4(C)CC3CC(C)(C)C4)n2)CCN1C(=O)C(C)(C)C. The molecule has 3 heterocycles. The maximum Gasteiger partial charge on any atom is 0.233 e. The Hall–Kier alpha value is -1.54. The number of likely N-dealkylation sites (tertiary alicyclic amines) is 1. The molecule has 0 radical (unpaired) electrons. The highest BCUT2D eigenvalue weighted by molar-refractivity contribution is 7.99. The molecule has 1 aliphatic carbocycles. The van der Waals surface area contributed by atoms with Gasteiger partial charge in [0.25, 0.3) is 0 Å². The molecule has 1 saturated carbocycles. The van der Waals surface area contributed by atoms with Crippen LogP contribution in [0.15, 0.2) is 11.2 Å². The first-order valence-corrected chi connectivity index (χ1v) is 14.1. The van der Waals surface area contributed by atoms with Gasteiger partial charge in [-0.25, -0.2) is 9.97 Å². The second kappa shape index (κ2) is 9.40. The smallest absolute Gasteiger partial charge is 0.233 e. The third kappa shape index (κ3) is 5.90. The predicted molar refractivity (Wildman–Crippen MR) is 142 cm³/mol. The van der Waals surface area contributed by atoms with Crippen LogP contribution >= 0.6 is 23.4 Å². The standard InChI is InChI=1S/C26H40ClN5O2S/c1-17-13-30(8-9-31(17)22(34)24(2,3)4)20-10-19(27)28-23(29-20)35-14-21(33)32-16-26(7)12-18(32)11-25(5,6)15-26/h10,17-18H,8-9,11-16H2,1-7H3. The third-order valence-electron chi connectivity index (χ3n) is 7.57. The predicted octanol–water partition coefficient (Wildman–Crippen LogP) is 4.73. The molecule has 3 atom stereocenters. The lowest BCUT2D eigenvalue weighted by atomic mass is 9.65. The summed E-state index contributed by atoms with van der Waals surface area (Å²) in [6, 6.07) is 2.18. The summed E-state index contributed by atoms with van der Waals surface area (Å²) in [6.07, 6.45) is 3.34. The monoisotopic (exact) mass is 521 g/mol. The fourth-order valence-corrected chi connectivity index (χ4v) is 7.44. The number of hydrogen-bond donors (Lipinski definition) is 0. The Kier molecular flexibility index (Phi) is 7.12. The molecule has 3 aliphatic rings. The molecule has 2 saturated heterocycles. The molecule has 1 aromatic heterocycles. The zero-order valence-corrected chi connectivity index (χ0v) is 23.8. The fourth-order valence-electron chi connectivity index (χ4n) is 6.47. The van der Waals surface area contributed by atoms with Gasteiger partial charge in [-0.3, -0.25) is 9.59 Å². The molecule has 0 spiro atoms. The first kappa shape index (κ1) is 26.5. The van der Waals surface area contributed by atoms with Crippen LogP contribution in [-0.4, -0.2) is 75.6 Å². The van der Waals surface area contributed by atoms with Crippen molar-refractivity contribution in [2.75, 3.05) is 36.8 Å². The van der Waals surface area contributed by atoms with E-state index in [-0.39, 0.29) is 28.7 Å². The van der Waals surface area contributed by atoms with Gasteiger partial charge in [0.05, 0.1) is 5.75 Å². The van der Waals surface area contributed by atoms with Gasteiger partial charge in [-0.1, -0.05) is 64.9 Å². The quantitative estimate of drug-likeness (QED) is 0.324. The number of halogens is 1. The number of carbonyl (C=O) groups excluding carboxylic acids is 2. The molecular formula is C26H40ClN5O2S. The Morgan fingerprint density at radius 3 is 2.51 bits per heavy atom. The summed E-state index contributed by atoms with van der Waals surface area (Å²) < 4.78 is 0. The van der Waals surface area contributed by atoms with E-state index in [1.54, 1.807) is 6.07 Å². The van der Waals surface area contributed by atoms with Crippen LogP contribution in [-0.2, 0) is 9.59 Å². The summed E-state index contributed by atoms with van der Waals surface area (Å²) in [4.78, 5) is 41.3. The van der Waals surface area contributed by atoms with Crippen LogP contribution < -0.4 is 4.90 Å². The van der Waals surface area contributed by atoms with Gasteiger partial charge < -0.3 is 14.7 Å². The minimum atomic E-state index is -0.397. The van der Waals surface area contributed by atoms with Crippen molar-refractivity contribution >= 4 is 41.0 Å². The van der Waals surface area contributed by atoms with Crippen LogP contribution in [0, 0.1) is 16.2 Å². The van der Waals surface area contributed by atoms with Crippen molar-refractivity contribution in [3.8, 4) is 0 Å². The van der Waals surface area contributed by atoms with Crippen LogP contribution in [0.2, 0.25) is 5.15 Å². The van der Waals surface area contributed by atoms with Gasteiger partial charge in [0.15, 0.2) is 5.16 Å². The highest BCUT2D eigenvalue weighted by atomic mass is 35.5. The number of anilines is 1. The number of amides is 2. The van der Waals surface area contributed by atoms with Gasteiger partial charge >= 0.3 is 0 Å². The van der Waals surface area contributed by atoms with Crippen molar-refractivity contribution in [3.05, 3.63) is 11.2 Å². The van der Waals surface area contributed by atoms with Crippen molar-refractivity contribution < 1.29 is 9.59 Å². The van der Waals surface area contributed by atoms with Crippen LogP contribution in [0.4, 0.5) is 5.82 Å². The Balaban J connectivity index is 1.39. The van der Waals surface area contributed by atoms with E-state index >= 15 is 0 Å². The zero-order valence-electron chi connectivity index (χ0n) is 22.2. The van der Waals surface area contributed by atoms with E-state index in [4.69, 9.17) is 16.6 Å². The Bertz CT molecular complexity index is 996. The highest BCUT2D eigenvalue weighted by Gasteiger charge is 2.50.